The summed E-state index contributed by atoms with van der Waals surface area (Å²) in [7, 11) is 0. The first kappa shape index (κ1) is 12.7. The Balaban J connectivity index is 2.29. The zero-order valence-corrected chi connectivity index (χ0v) is 12.1. The third kappa shape index (κ3) is 1.86. The molecule has 2 N–H and O–H groups in total. The summed E-state index contributed by atoms with van der Waals surface area (Å²) >= 11 is 0. The fourth-order valence-electron chi connectivity index (χ4n) is 2.84. The molecule has 0 saturated heterocycles. The molecule has 1 heterocycles. The average molecular weight is 265 g/mol. The first-order valence-electron chi connectivity index (χ1n) is 6.92. The lowest BCUT2D eigenvalue weighted by atomic mass is 10.0. The first-order valence-corrected chi connectivity index (χ1v) is 6.92. The number of nitrogen functional groups attached to an aromatic ring is 1. The van der Waals surface area contributed by atoms with Crippen LogP contribution in [0.1, 0.15) is 25.7 Å². The van der Waals surface area contributed by atoms with Gasteiger partial charge in [0.25, 0.3) is 0 Å². The lowest BCUT2D eigenvalue weighted by Crippen LogP contribution is -2.07. The number of rotatable bonds is 2. The van der Waals surface area contributed by atoms with E-state index in [9.17, 15) is 0 Å². The topological polar surface area (TPSA) is 43.8 Å². The van der Waals surface area contributed by atoms with Crippen molar-refractivity contribution < 1.29 is 0 Å². The molecule has 0 aliphatic carbocycles. The van der Waals surface area contributed by atoms with Crippen molar-refractivity contribution in [3.63, 3.8) is 0 Å². The van der Waals surface area contributed by atoms with Gasteiger partial charge in [-0.2, -0.15) is 0 Å². The monoisotopic (exact) mass is 265 g/mol. The van der Waals surface area contributed by atoms with Crippen LogP contribution in [0.15, 0.2) is 42.5 Å². The Morgan fingerprint density at radius 1 is 1.05 bits per heavy atom. The van der Waals surface area contributed by atoms with Crippen LogP contribution in [0.2, 0.25) is 0 Å². The number of imidazole rings is 1. The standard InChI is InChI=1S/C17H19N3/c1-11(2)20-12(3)19-16(17(20)18)15-10-6-8-13-7-4-5-9-14(13)15/h4-11H,18H2,1-3H3. The number of hydrogen-bond acceptors (Lipinski definition) is 2. The summed E-state index contributed by atoms with van der Waals surface area (Å²) in [5, 5.41) is 2.40. The van der Waals surface area contributed by atoms with Crippen molar-refractivity contribution >= 4 is 16.6 Å². The number of aryl methyl sites for hydroxylation is 1. The molecule has 0 saturated carbocycles. The maximum atomic E-state index is 6.33. The van der Waals surface area contributed by atoms with Gasteiger partial charge in [0.05, 0.1) is 0 Å². The first-order chi connectivity index (χ1) is 9.59. The molecule has 0 bridgehead atoms. The number of fused-ring (bicyclic) bond motifs is 1. The Morgan fingerprint density at radius 3 is 2.45 bits per heavy atom. The summed E-state index contributed by atoms with van der Waals surface area (Å²) in [5.74, 6) is 1.70. The van der Waals surface area contributed by atoms with Crippen molar-refractivity contribution in [2.75, 3.05) is 5.73 Å². The molecule has 3 rings (SSSR count). The number of nitrogens with zero attached hydrogens (tertiary/aromatic N) is 2. The number of benzene rings is 2. The molecule has 1 aromatic heterocycles. The smallest absolute Gasteiger partial charge is 0.131 e. The largest absolute Gasteiger partial charge is 0.383 e. The molecule has 0 aliphatic rings. The van der Waals surface area contributed by atoms with Crippen LogP contribution in [0, 0.1) is 6.92 Å². The molecular weight excluding hydrogens is 246 g/mol. The minimum atomic E-state index is 0.311. The molecular formula is C17H19N3. The number of aromatic nitrogens is 2. The summed E-state index contributed by atoms with van der Waals surface area (Å²) in [6.45, 7) is 6.25. The Bertz CT molecular complexity index is 764. The molecule has 3 nitrogen and oxygen atoms in total. The second kappa shape index (κ2) is 4.67. The quantitative estimate of drug-likeness (QED) is 0.755. The maximum Gasteiger partial charge on any atom is 0.131 e. The molecule has 0 spiro atoms. The van der Waals surface area contributed by atoms with Crippen LogP contribution in [-0.2, 0) is 0 Å². The van der Waals surface area contributed by atoms with Crippen LogP contribution in [-0.4, -0.2) is 9.55 Å². The number of nitrogens with two attached hydrogens (primary N) is 1. The Hall–Kier alpha value is -2.29. The minimum absolute atomic E-state index is 0.311. The maximum absolute atomic E-state index is 6.33. The summed E-state index contributed by atoms with van der Waals surface area (Å²) in [5.41, 5.74) is 8.31. The van der Waals surface area contributed by atoms with Crippen molar-refractivity contribution in [3.8, 4) is 11.3 Å². The molecule has 0 aliphatic heterocycles. The van der Waals surface area contributed by atoms with Crippen molar-refractivity contribution in [2.45, 2.75) is 26.8 Å². The van der Waals surface area contributed by atoms with Gasteiger partial charge in [0, 0.05) is 11.6 Å². The van der Waals surface area contributed by atoms with Crippen LogP contribution in [0.4, 0.5) is 5.82 Å². The van der Waals surface area contributed by atoms with E-state index in [-0.39, 0.29) is 0 Å². The molecule has 2 aromatic carbocycles. The second-order valence-electron chi connectivity index (χ2n) is 5.38. The summed E-state index contributed by atoms with van der Waals surface area (Å²) in [6, 6.07) is 14.9. The fourth-order valence-corrected chi connectivity index (χ4v) is 2.84. The van der Waals surface area contributed by atoms with E-state index in [1.54, 1.807) is 0 Å². The van der Waals surface area contributed by atoms with Gasteiger partial charge in [-0.25, -0.2) is 4.98 Å². The third-order valence-corrected chi connectivity index (χ3v) is 3.69. The summed E-state index contributed by atoms with van der Waals surface area (Å²) < 4.78 is 2.08. The third-order valence-electron chi connectivity index (χ3n) is 3.69. The molecule has 0 amide bonds. The van der Waals surface area contributed by atoms with Crippen LogP contribution < -0.4 is 5.73 Å². The van der Waals surface area contributed by atoms with Gasteiger partial charge in [-0.3, -0.25) is 0 Å². The normalized spacial score (nSPS) is 11.4. The van der Waals surface area contributed by atoms with Crippen molar-refractivity contribution in [2.24, 2.45) is 0 Å². The van der Waals surface area contributed by atoms with E-state index in [0.29, 0.717) is 6.04 Å². The molecule has 102 valence electrons. The predicted octanol–water partition coefficient (Wildman–Crippen LogP) is 4.17. The zero-order valence-electron chi connectivity index (χ0n) is 12.1. The van der Waals surface area contributed by atoms with Gasteiger partial charge in [0.1, 0.15) is 17.3 Å². The fraction of sp³-hybridized carbons (Fsp3) is 0.235. The molecule has 0 unspecified atom stereocenters. The molecule has 0 atom stereocenters. The second-order valence-corrected chi connectivity index (χ2v) is 5.38. The highest BCUT2D eigenvalue weighted by Gasteiger charge is 2.16. The van der Waals surface area contributed by atoms with E-state index >= 15 is 0 Å². The van der Waals surface area contributed by atoms with Crippen LogP contribution >= 0.6 is 0 Å². The van der Waals surface area contributed by atoms with E-state index in [1.165, 1.54) is 10.8 Å². The van der Waals surface area contributed by atoms with Gasteiger partial charge in [-0.15, -0.1) is 0 Å². The van der Waals surface area contributed by atoms with E-state index in [4.69, 9.17) is 5.73 Å². The average Bonchev–Trinajstić information content (AvgIpc) is 2.73. The number of hydrogen-bond donors (Lipinski definition) is 1. The van der Waals surface area contributed by atoms with E-state index < -0.39 is 0 Å². The van der Waals surface area contributed by atoms with Gasteiger partial charge in [-0.1, -0.05) is 42.5 Å². The zero-order chi connectivity index (χ0) is 14.3. The van der Waals surface area contributed by atoms with Gasteiger partial charge >= 0.3 is 0 Å². The van der Waals surface area contributed by atoms with Gasteiger partial charge in [0.2, 0.25) is 0 Å². The molecule has 0 fully saturated rings. The highest BCUT2D eigenvalue weighted by atomic mass is 15.2. The molecule has 0 radical (unpaired) electrons. The predicted molar refractivity (Wildman–Crippen MR) is 84.7 cm³/mol. The van der Waals surface area contributed by atoms with Crippen molar-refractivity contribution in [3.05, 3.63) is 48.3 Å². The molecule has 3 heteroatoms. The highest BCUT2D eigenvalue weighted by Crippen LogP contribution is 2.33. The van der Waals surface area contributed by atoms with E-state index in [0.717, 1.165) is 22.9 Å². The van der Waals surface area contributed by atoms with Crippen LogP contribution in [0.25, 0.3) is 22.0 Å². The minimum Gasteiger partial charge on any atom is -0.383 e. The van der Waals surface area contributed by atoms with Crippen LogP contribution in [0.5, 0.6) is 0 Å². The molecule has 20 heavy (non-hydrogen) atoms. The lowest BCUT2D eigenvalue weighted by molar-refractivity contribution is 0.590. The van der Waals surface area contributed by atoms with Gasteiger partial charge < -0.3 is 10.3 Å². The van der Waals surface area contributed by atoms with E-state index in [1.807, 2.05) is 19.1 Å². The van der Waals surface area contributed by atoms with Crippen molar-refractivity contribution in [1.29, 1.82) is 0 Å². The van der Waals surface area contributed by atoms with Crippen LogP contribution in [0.3, 0.4) is 0 Å². The Kier molecular flexibility index (Phi) is 2.97. The van der Waals surface area contributed by atoms with Crippen molar-refractivity contribution in [1.82, 2.24) is 9.55 Å². The SMILES string of the molecule is Cc1nc(-c2cccc3ccccc23)c(N)n1C(C)C. The Morgan fingerprint density at radius 2 is 1.75 bits per heavy atom. The highest BCUT2D eigenvalue weighted by molar-refractivity contribution is 5.97. The summed E-state index contributed by atoms with van der Waals surface area (Å²) in [6.07, 6.45) is 0. The molecule has 3 aromatic rings. The lowest BCUT2D eigenvalue weighted by Gasteiger charge is -2.11. The van der Waals surface area contributed by atoms with Gasteiger partial charge in [-0.05, 0) is 31.5 Å². The Labute approximate surface area is 119 Å². The van der Waals surface area contributed by atoms with Gasteiger partial charge in [0.15, 0.2) is 0 Å². The number of anilines is 1. The summed E-state index contributed by atoms with van der Waals surface area (Å²) in [4.78, 5) is 4.69. The van der Waals surface area contributed by atoms with E-state index in [2.05, 4.69) is 53.7 Å².